The van der Waals surface area contributed by atoms with Crippen LogP contribution >= 0.6 is 11.6 Å². The zero-order valence-electron chi connectivity index (χ0n) is 16.0. The standard InChI is InChI=1S/C22H18ClN3O4/c1-14(15-7-3-2-4-8-15)24-22(28)18-9-5-6-10-20(18)25-21(27)17-12-11-16(26(29)30)13-19(17)23/h2-14H,1H3,(H,24,28)(H,25,27). The third-order valence-electron chi connectivity index (χ3n) is 4.48. The van der Waals surface area contributed by atoms with Crippen molar-refractivity contribution in [3.05, 3.63) is 105 Å². The Morgan fingerprint density at radius 1 is 0.933 bits per heavy atom. The number of amides is 2. The molecule has 0 heterocycles. The van der Waals surface area contributed by atoms with E-state index in [0.717, 1.165) is 11.6 Å². The first-order valence-corrected chi connectivity index (χ1v) is 9.44. The molecule has 0 aliphatic carbocycles. The number of carbonyl (C=O) groups excluding carboxylic acids is 2. The first kappa shape index (κ1) is 21.0. The number of hydrogen-bond acceptors (Lipinski definition) is 4. The Morgan fingerprint density at radius 2 is 1.60 bits per heavy atom. The van der Waals surface area contributed by atoms with Crippen LogP contribution < -0.4 is 10.6 Å². The van der Waals surface area contributed by atoms with Gasteiger partial charge in [-0.1, -0.05) is 54.1 Å². The van der Waals surface area contributed by atoms with Crippen LogP contribution in [0.15, 0.2) is 72.8 Å². The van der Waals surface area contributed by atoms with Crippen LogP contribution in [-0.4, -0.2) is 16.7 Å². The highest BCUT2D eigenvalue weighted by Gasteiger charge is 2.19. The number of carbonyl (C=O) groups is 2. The molecular formula is C22H18ClN3O4. The minimum atomic E-state index is -0.596. The van der Waals surface area contributed by atoms with E-state index >= 15 is 0 Å². The summed E-state index contributed by atoms with van der Waals surface area (Å²) in [6.45, 7) is 1.87. The molecule has 0 saturated carbocycles. The number of halogens is 1. The lowest BCUT2D eigenvalue weighted by molar-refractivity contribution is -0.384. The molecule has 0 radical (unpaired) electrons. The maximum atomic E-state index is 12.8. The zero-order chi connectivity index (χ0) is 21.7. The molecule has 3 aromatic rings. The number of nitro benzene ring substituents is 1. The van der Waals surface area contributed by atoms with Crippen molar-refractivity contribution in [2.24, 2.45) is 0 Å². The third kappa shape index (κ3) is 4.82. The van der Waals surface area contributed by atoms with E-state index in [0.29, 0.717) is 5.69 Å². The van der Waals surface area contributed by atoms with Gasteiger partial charge >= 0.3 is 0 Å². The van der Waals surface area contributed by atoms with Crippen LogP contribution in [0.2, 0.25) is 5.02 Å². The summed E-state index contributed by atoms with van der Waals surface area (Å²) in [5.74, 6) is -0.927. The lowest BCUT2D eigenvalue weighted by atomic mass is 10.1. The quantitative estimate of drug-likeness (QED) is 0.430. The van der Waals surface area contributed by atoms with E-state index in [-0.39, 0.29) is 33.8 Å². The molecule has 7 nitrogen and oxygen atoms in total. The second-order valence-corrected chi connectivity index (χ2v) is 6.93. The molecule has 2 N–H and O–H groups in total. The zero-order valence-corrected chi connectivity index (χ0v) is 16.7. The van der Waals surface area contributed by atoms with Gasteiger partial charge in [0.15, 0.2) is 0 Å². The molecule has 1 atom stereocenters. The van der Waals surface area contributed by atoms with Crippen LogP contribution in [-0.2, 0) is 0 Å². The predicted octanol–water partition coefficient (Wildman–Crippen LogP) is 4.99. The van der Waals surface area contributed by atoms with Crippen LogP contribution in [0.4, 0.5) is 11.4 Å². The van der Waals surface area contributed by atoms with Gasteiger partial charge in [-0.2, -0.15) is 0 Å². The summed E-state index contributed by atoms with van der Waals surface area (Å²) in [7, 11) is 0. The number of nitro groups is 1. The SMILES string of the molecule is CC(NC(=O)c1ccccc1NC(=O)c1ccc([N+](=O)[O-])cc1Cl)c1ccccc1. The van der Waals surface area contributed by atoms with E-state index in [1.807, 2.05) is 37.3 Å². The number of benzene rings is 3. The maximum Gasteiger partial charge on any atom is 0.270 e. The largest absolute Gasteiger partial charge is 0.345 e. The lowest BCUT2D eigenvalue weighted by Crippen LogP contribution is -2.28. The first-order chi connectivity index (χ1) is 14.4. The monoisotopic (exact) mass is 423 g/mol. The Kier molecular flexibility index (Phi) is 6.44. The van der Waals surface area contributed by atoms with Gasteiger partial charge in [0.2, 0.25) is 0 Å². The minimum absolute atomic E-state index is 0.0543. The molecule has 3 aromatic carbocycles. The van der Waals surface area contributed by atoms with E-state index in [1.54, 1.807) is 24.3 Å². The molecule has 2 amide bonds. The number of para-hydroxylation sites is 1. The van der Waals surface area contributed by atoms with E-state index in [1.165, 1.54) is 12.1 Å². The normalized spacial score (nSPS) is 11.4. The lowest BCUT2D eigenvalue weighted by Gasteiger charge is -2.16. The molecule has 152 valence electrons. The molecule has 0 fully saturated rings. The highest BCUT2D eigenvalue weighted by Crippen LogP contribution is 2.24. The van der Waals surface area contributed by atoms with E-state index in [9.17, 15) is 19.7 Å². The molecule has 3 rings (SSSR count). The van der Waals surface area contributed by atoms with Crippen molar-refractivity contribution in [3.63, 3.8) is 0 Å². The van der Waals surface area contributed by atoms with Crippen LogP contribution in [0, 0.1) is 10.1 Å². The fraction of sp³-hybridized carbons (Fsp3) is 0.0909. The Hall–Kier alpha value is -3.71. The van der Waals surface area contributed by atoms with Crippen molar-refractivity contribution in [2.75, 3.05) is 5.32 Å². The summed E-state index contributed by atoms with van der Waals surface area (Å²) in [5, 5.41) is 16.3. The summed E-state index contributed by atoms with van der Waals surface area (Å²) >= 11 is 6.03. The summed E-state index contributed by atoms with van der Waals surface area (Å²) in [6.07, 6.45) is 0. The Balaban J connectivity index is 1.79. The second kappa shape index (κ2) is 9.19. The number of nitrogens with one attached hydrogen (secondary N) is 2. The summed E-state index contributed by atoms with van der Waals surface area (Å²) in [6, 6.07) is 19.4. The van der Waals surface area contributed by atoms with Gasteiger partial charge in [0.25, 0.3) is 17.5 Å². The molecule has 0 bridgehead atoms. The molecule has 0 aromatic heterocycles. The molecule has 0 aliphatic rings. The van der Waals surface area contributed by atoms with Crippen molar-refractivity contribution >= 4 is 34.8 Å². The molecule has 30 heavy (non-hydrogen) atoms. The fourth-order valence-corrected chi connectivity index (χ4v) is 3.14. The molecular weight excluding hydrogens is 406 g/mol. The van der Waals surface area contributed by atoms with Gasteiger partial charge in [0.05, 0.1) is 32.8 Å². The maximum absolute atomic E-state index is 12.8. The number of non-ortho nitro benzene ring substituents is 1. The fourth-order valence-electron chi connectivity index (χ4n) is 2.88. The number of anilines is 1. The van der Waals surface area contributed by atoms with Gasteiger partial charge in [-0.25, -0.2) is 0 Å². The Morgan fingerprint density at radius 3 is 2.27 bits per heavy atom. The van der Waals surface area contributed by atoms with Crippen LogP contribution in [0.1, 0.15) is 39.2 Å². The van der Waals surface area contributed by atoms with Gasteiger partial charge in [0, 0.05) is 12.1 Å². The van der Waals surface area contributed by atoms with Crippen LogP contribution in [0.3, 0.4) is 0 Å². The molecule has 1 unspecified atom stereocenters. The van der Waals surface area contributed by atoms with Gasteiger partial charge in [-0.05, 0) is 30.7 Å². The highest BCUT2D eigenvalue weighted by atomic mass is 35.5. The third-order valence-corrected chi connectivity index (χ3v) is 4.79. The van der Waals surface area contributed by atoms with Gasteiger partial charge < -0.3 is 10.6 Å². The van der Waals surface area contributed by atoms with Crippen molar-refractivity contribution in [3.8, 4) is 0 Å². The van der Waals surface area contributed by atoms with Gasteiger partial charge in [-0.3, -0.25) is 19.7 Å². The number of nitrogens with zero attached hydrogens (tertiary/aromatic N) is 1. The van der Waals surface area contributed by atoms with Crippen molar-refractivity contribution in [1.82, 2.24) is 5.32 Å². The van der Waals surface area contributed by atoms with E-state index < -0.39 is 10.8 Å². The average molecular weight is 424 g/mol. The topological polar surface area (TPSA) is 101 Å². The van der Waals surface area contributed by atoms with E-state index in [2.05, 4.69) is 10.6 Å². The molecule has 8 heteroatoms. The van der Waals surface area contributed by atoms with Gasteiger partial charge in [-0.15, -0.1) is 0 Å². The predicted molar refractivity (Wildman–Crippen MR) is 115 cm³/mol. The Bertz CT molecular complexity index is 1100. The van der Waals surface area contributed by atoms with E-state index in [4.69, 9.17) is 11.6 Å². The van der Waals surface area contributed by atoms with Crippen molar-refractivity contribution < 1.29 is 14.5 Å². The number of rotatable bonds is 6. The summed E-state index contributed by atoms with van der Waals surface area (Å²) in [4.78, 5) is 35.7. The Labute approximate surface area is 177 Å². The first-order valence-electron chi connectivity index (χ1n) is 9.07. The highest BCUT2D eigenvalue weighted by molar-refractivity contribution is 6.34. The molecule has 0 saturated heterocycles. The van der Waals surface area contributed by atoms with Crippen LogP contribution in [0.5, 0.6) is 0 Å². The molecule has 0 spiro atoms. The molecule has 0 aliphatic heterocycles. The van der Waals surface area contributed by atoms with Crippen molar-refractivity contribution in [1.29, 1.82) is 0 Å². The summed E-state index contributed by atoms with van der Waals surface area (Å²) in [5.41, 5.74) is 1.38. The minimum Gasteiger partial charge on any atom is -0.345 e. The van der Waals surface area contributed by atoms with Crippen LogP contribution in [0.25, 0.3) is 0 Å². The van der Waals surface area contributed by atoms with Gasteiger partial charge in [0.1, 0.15) is 0 Å². The summed E-state index contributed by atoms with van der Waals surface area (Å²) < 4.78 is 0. The second-order valence-electron chi connectivity index (χ2n) is 6.53. The smallest absolute Gasteiger partial charge is 0.270 e. The van der Waals surface area contributed by atoms with Crippen molar-refractivity contribution in [2.45, 2.75) is 13.0 Å². The number of hydrogen-bond donors (Lipinski definition) is 2. The average Bonchev–Trinajstić information content (AvgIpc) is 2.74.